The number of ether oxygens (including phenoxy) is 3. The SMILES string of the molecule is Cl.NC(C(=O)NCc1cc(Br)c2c(c1)OCCO2)C1CCOCC1. The van der Waals surface area contributed by atoms with Gasteiger partial charge in [0, 0.05) is 19.8 Å². The summed E-state index contributed by atoms with van der Waals surface area (Å²) in [5.41, 5.74) is 7.01. The molecule has 6 nitrogen and oxygen atoms in total. The Bertz CT molecular complexity index is 581. The molecule has 2 heterocycles. The van der Waals surface area contributed by atoms with Gasteiger partial charge >= 0.3 is 0 Å². The molecule has 1 unspecified atom stereocenters. The fraction of sp³-hybridized carbons (Fsp3) is 0.562. The average molecular weight is 422 g/mol. The van der Waals surface area contributed by atoms with Crippen molar-refractivity contribution in [2.45, 2.75) is 25.4 Å². The maximum atomic E-state index is 12.2. The van der Waals surface area contributed by atoms with E-state index in [4.69, 9.17) is 19.9 Å². The van der Waals surface area contributed by atoms with Gasteiger partial charge in [-0.15, -0.1) is 12.4 Å². The Labute approximate surface area is 155 Å². The van der Waals surface area contributed by atoms with Gasteiger partial charge in [0.1, 0.15) is 13.2 Å². The normalized spacial score (nSPS) is 18.4. The molecule has 2 aliphatic heterocycles. The van der Waals surface area contributed by atoms with E-state index in [1.807, 2.05) is 12.1 Å². The van der Waals surface area contributed by atoms with E-state index in [1.54, 1.807) is 0 Å². The highest BCUT2D eigenvalue weighted by Gasteiger charge is 2.26. The Kier molecular flexibility index (Phi) is 7.16. The van der Waals surface area contributed by atoms with Gasteiger partial charge in [-0.05, 0) is 52.4 Å². The minimum atomic E-state index is -0.487. The molecule has 1 aromatic carbocycles. The number of halogens is 2. The maximum absolute atomic E-state index is 12.2. The summed E-state index contributed by atoms with van der Waals surface area (Å²) in [4.78, 5) is 12.2. The number of fused-ring (bicyclic) bond motifs is 1. The van der Waals surface area contributed by atoms with E-state index in [0.29, 0.717) is 44.5 Å². The van der Waals surface area contributed by atoms with Crippen molar-refractivity contribution in [2.24, 2.45) is 11.7 Å². The van der Waals surface area contributed by atoms with E-state index < -0.39 is 6.04 Å². The molecule has 8 heteroatoms. The van der Waals surface area contributed by atoms with Crippen LogP contribution in [-0.2, 0) is 16.1 Å². The average Bonchev–Trinajstić information content (AvgIpc) is 2.60. The molecule has 134 valence electrons. The Balaban J connectivity index is 0.00000208. The molecule has 0 aliphatic carbocycles. The summed E-state index contributed by atoms with van der Waals surface area (Å²) in [7, 11) is 0. The van der Waals surface area contributed by atoms with Crippen molar-refractivity contribution in [1.29, 1.82) is 0 Å². The van der Waals surface area contributed by atoms with Gasteiger partial charge < -0.3 is 25.3 Å². The molecular formula is C16H22BrClN2O4. The molecule has 0 aromatic heterocycles. The lowest BCUT2D eigenvalue weighted by atomic mass is 9.92. The van der Waals surface area contributed by atoms with E-state index in [0.717, 1.165) is 22.9 Å². The Morgan fingerprint density at radius 2 is 1.96 bits per heavy atom. The van der Waals surface area contributed by atoms with Crippen molar-refractivity contribution in [3.63, 3.8) is 0 Å². The highest BCUT2D eigenvalue weighted by atomic mass is 79.9. The lowest BCUT2D eigenvalue weighted by Crippen LogP contribution is -2.46. The van der Waals surface area contributed by atoms with E-state index in [9.17, 15) is 4.79 Å². The third-order valence-corrected chi connectivity index (χ3v) is 4.79. The van der Waals surface area contributed by atoms with Gasteiger partial charge in [-0.25, -0.2) is 0 Å². The van der Waals surface area contributed by atoms with Gasteiger partial charge in [0.25, 0.3) is 0 Å². The zero-order valence-corrected chi connectivity index (χ0v) is 15.7. The minimum absolute atomic E-state index is 0. The van der Waals surface area contributed by atoms with Crippen LogP contribution in [0.3, 0.4) is 0 Å². The summed E-state index contributed by atoms with van der Waals surface area (Å²) in [6, 6.07) is 3.33. The van der Waals surface area contributed by atoms with Crippen molar-refractivity contribution in [1.82, 2.24) is 5.32 Å². The van der Waals surface area contributed by atoms with Crippen molar-refractivity contribution in [3.05, 3.63) is 22.2 Å². The summed E-state index contributed by atoms with van der Waals surface area (Å²) in [6.07, 6.45) is 1.67. The molecule has 1 amide bonds. The zero-order valence-electron chi connectivity index (χ0n) is 13.3. The van der Waals surface area contributed by atoms with Crippen molar-refractivity contribution < 1.29 is 19.0 Å². The minimum Gasteiger partial charge on any atom is -0.486 e. The fourth-order valence-electron chi connectivity index (χ4n) is 2.86. The lowest BCUT2D eigenvalue weighted by molar-refractivity contribution is -0.124. The Hall–Kier alpha value is -1.02. The molecule has 0 saturated carbocycles. The first-order valence-corrected chi connectivity index (χ1v) is 8.63. The number of amides is 1. The van der Waals surface area contributed by atoms with Crippen LogP contribution in [0.5, 0.6) is 11.5 Å². The lowest BCUT2D eigenvalue weighted by Gasteiger charge is -2.26. The summed E-state index contributed by atoms with van der Waals surface area (Å²) in [5, 5.41) is 2.91. The van der Waals surface area contributed by atoms with E-state index in [-0.39, 0.29) is 24.2 Å². The molecule has 3 rings (SSSR count). The van der Waals surface area contributed by atoms with Crippen LogP contribution in [0.4, 0.5) is 0 Å². The van der Waals surface area contributed by atoms with Gasteiger partial charge in [0.05, 0.1) is 10.5 Å². The molecule has 1 fully saturated rings. The van der Waals surface area contributed by atoms with Crippen molar-refractivity contribution in [3.8, 4) is 11.5 Å². The smallest absolute Gasteiger partial charge is 0.237 e. The molecular weight excluding hydrogens is 400 g/mol. The number of nitrogens with one attached hydrogen (secondary N) is 1. The largest absolute Gasteiger partial charge is 0.486 e. The topological polar surface area (TPSA) is 82.8 Å². The van der Waals surface area contributed by atoms with E-state index >= 15 is 0 Å². The number of rotatable bonds is 4. The molecule has 0 spiro atoms. The van der Waals surface area contributed by atoms with Crippen LogP contribution in [0.25, 0.3) is 0 Å². The molecule has 2 aliphatic rings. The van der Waals surface area contributed by atoms with Gasteiger partial charge in [-0.3, -0.25) is 4.79 Å². The van der Waals surface area contributed by atoms with Crippen molar-refractivity contribution >= 4 is 34.2 Å². The summed E-state index contributed by atoms with van der Waals surface area (Å²) >= 11 is 3.48. The molecule has 3 N–H and O–H groups in total. The monoisotopic (exact) mass is 420 g/mol. The number of carbonyl (C=O) groups is 1. The number of hydrogen-bond donors (Lipinski definition) is 2. The third-order valence-electron chi connectivity index (χ3n) is 4.20. The number of nitrogens with two attached hydrogens (primary N) is 1. The van der Waals surface area contributed by atoms with Crippen molar-refractivity contribution in [2.75, 3.05) is 26.4 Å². The molecule has 1 atom stereocenters. The van der Waals surface area contributed by atoms with Crippen LogP contribution >= 0.6 is 28.3 Å². The van der Waals surface area contributed by atoms with Crippen LogP contribution in [0, 0.1) is 5.92 Å². The summed E-state index contributed by atoms with van der Waals surface area (Å²) in [5.74, 6) is 1.48. The number of hydrogen-bond acceptors (Lipinski definition) is 5. The predicted molar refractivity (Wildman–Crippen MR) is 95.7 cm³/mol. The van der Waals surface area contributed by atoms with Gasteiger partial charge in [0.2, 0.25) is 5.91 Å². The van der Waals surface area contributed by atoms with Crippen LogP contribution < -0.4 is 20.5 Å². The van der Waals surface area contributed by atoms with E-state index in [2.05, 4.69) is 21.2 Å². The number of benzene rings is 1. The highest BCUT2D eigenvalue weighted by molar-refractivity contribution is 9.10. The molecule has 24 heavy (non-hydrogen) atoms. The first kappa shape index (κ1) is 19.3. The van der Waals surface area contributed by atoms with Crippen LogP contribution in [0.2, 0.25) is 0 Å². The Morgan fingerprint density at radius 1 is 1.25 bits per heavy atom. The molecule has 1 saturated heterocycles. The quantitative estimate of drug-likeness (QED) is 0.777. The first-order chi connectivity index (χ1) is 11.1. The third kappa shape index (κ3) is 4.53. The highest BCUT2D eigenvalue weighted by Crippen LogP contribution is 2.38. The molecule has 0 radical (unpaired) electrons. The second-order valence-electron chi connectivity index (χ2n) is 5.80. The van der Waals surface area contributed by atoms with Gasteiger partial charge in [-0.1, -0.05) is 0 Å². The van der Waals surface area contributed by atoms with Gasteiger partial charge in [-0.2, -0.15) is 0 Å². The maximum Gasteiger partial charge on any atom is 0.237 e. The zero-order chi connectivity index (χ0) is 16.2. The molecule has 1 aromatic rings. The second-order valence-corrected chi connectivity index (χ2v) is 6.65. The standard InChI is InChI=1S/C16H21BrN2O4.ClH/c17-12-7-10(8-13-15(12)23-6-5-22-13)9-19-16(20)14(18)11-1-3-21-4-2-11;/h7-8,11,14H,1-6,9,18H2,(H,19,20);1H. The number of carbonyl (C=O) groups excluding carboxylic acids is 1. The Morgan fingerprint density at radius 3 is 2.71 bits per heavy atom. The van der Waals surface area contributed by atoms with Gasteiger partial charge in [0.15, 0.2) is 11.5 Å². The fourth-order valence-corrected chi connectivity index (χ4v) is 3.47. The van der Waals surface area contributed by atoms with Crippen LogP contribution in [-0.4, -0.2) is 38.4 Å². The first-order valence-electron chi connectivity index (χ1n) is 7.84. The summed E-state index contributed by atoms with van der Waals surface area (Å²) < 4.78 is 17.3. The van der Waals surface area contributed by atoms with Crippen LogP contribution in [0.1, 0.15) is 18.4 Å². The molecule has 0 bridgehead atoms. The second kappa shape index (κ2) is 8.89. The summed E-state index contributed by atoms with van der Waals surface area (Å²) in [6.45, 7) is 2.85. The van der Waals surface area contributed by atoms with Crippen LogP contribution in [0.15, 0.2) is 16.6 Å². The van der Waals surface area contributed by atoms with E-state index in [1.165, 1.54) is 0 Å². The predicted octanol–water partition coefficient (Wildman–Crippen LogP) is 2.01.